The molecule has 2 aliphatic rings. The molecule has 2 aliphatic heterocycles. The van der Waals surface area contributed by atoms with Gasteiger partial charge in [-0.15, -0.1) is 0 Å². The second-order valence-electron chi connectivity index (χ2n) is 7.25. The molecule has 0 spiro atoms. The molecule has 2 fully saturated rings. The highest BCUT2D eigenvalue weighted by Gasteiger charge is 2.58. The standard InChI is InChI=1S/C19H24N2O3/c1-14(2)8-17(22)21-11-16-10-20(9-15-6-4-3-5-7-15)12-19(16,13-21)18(23)24/h3-8,16H,9-13H2,1-2H3,(H,23,24). The van der Waals surface area contributed by atoms with E-state index in [-0.39, 0.29) is 11.8 Å². The Morgan fingerprint density at radius 3 is 2.50 bits per heavy atom. The number of carboxylic acids is 1. The number of aliphatic carboxylic acids is 1. The van der Waals surface area contributed by atoms with Crippen LogP contribution in [0.5, 0.6) is 0 Å². The van der Waals surface area contributed by atoms with Crippen LogP contribution < -0.4 is 0 Å². The normalized spacial score (nSPS) is 26.2. The zero-order chi connectivity index (χ0) is 17.3. The van der Waals surface area contributed by atoms with Crippen LogP contribution in [0.15, 0.2) is 42.0 Å². The molecule has 24 heavy (non-hydrogen) atoms. The van der Waals surface area contributed by atoms with Crippen LogP contribution in [0.2, 0.25) is 0 Å². The number of amides is 1. The minimum Gasteiger partial charge on any atom is -0.481 e. The van der Waals surface area contributed by atoms with Crippen molar-refractivity contribution < 1.29 is 14.7 Å². The number of hydrogen-bond acceptors (Lipinski definition) is 3. The average molecular weight is 328 g/mol. The van der Waals surface area contributed by atoms with Crippen molar-refractivity contribution in [3.8, 4) is 0 Å². The molecule has 1 N–H and O–H groups in total. The minimum atomic E-state index is -0.833. The molecule has 0 saturated carbocycles. The predicted molar refractivity (Wildman–Crippen MR) is 91.3 cm³/mol. The van der Waals surface area contributed by atoms with Crippen LogP contribution in [-0.2, 0) is 16.1 Å². The van der Waals surface area contributed by atoms with Crippen molar-refractivity contribution in [1.82, 2.24) is 9.80 Å². The van der Waals surface area contributed by atoms with E-state index in [9.17, 15) is 14.7 Å². The number of carboxylic acid groups (broad SMARTS) is 1. The summed E-state index contributed by atoms with van der Waals surface area (Å²) in [6, 6.07) is 10.1. The van der Waals surface area contributed by atoms with Crippen molar-refractivity contribution in [2.24, 2.45) is 11.3 Å². The summed E-state index contributed by atoms with van der Waals surface area (Å²) in [5.74, 6) is -0.858. The molecule has 0 aromatic heterocycles. The lowest BCUT2D eigenvalue weighted by atomic mass is 9.81. The van der Waals surface area contributed by atoms with Crippen molar-refractivity contribution in [3.63, 3.8) is 0 Å². The van der Waals surface area contributed by atoms with E-state index in [1.807, 2.05) is 32.0 Å². The highest BCUT2D eigenvalue weighted by Crippen LogP contribution is 2.43. The summed E-state index contributed by atoms with van der Waals surface area (Å²) in [4.78, 5) is 28.2. The van der Waals surface area contributed by atoms with E-state index in [2.05, 4.69) is 17.0 Å². The molecule has 2 unspecified atom stereocenters. The molecule has 0 bridgehead atoms. The van der Waals surface area contributed by atoms with E-state index < -0.39 is 11.4 Å². The van der Waals surface area contributed by atoms with Crippen molar-refractivity contribution in [2.45, 2.75) is 20.4 Å². The molecule has 2 saturated heterocycles. The zero-order valence-electron chi connectivity index (χ0n) is 14.2. The Kier molecular flexibility index (Phi) is 4.45. The lowest BCUT2D eigenvalue weighted by Crippen LogP contribution is -2.41. The monoisotopic (exact) mass is 328 g/mol. The van der Waals surface area contributed by atoms with Gasteiger partial charge in [-0.2, -0.15) is 0 Å². The van der Waals surface area contributed by atoms with Crippen LogP contribution in [0, 0.1) is 11.3 Å². The van der Waals surface area contributed by atoms with Gasteiger partial charge < -0.3 is 10.0 Å². The molecule has 1 aromatic rings. The number of hydrogen-bond donors (Lipinski definition) is 1. The first kappa shape index (κ1) is 16.7. The van der Waals surface area contributed by atoms with Gasteiger partial charge in [-0.1, -0.05) is 35.9 Å². The van der Waals surface area contributed by atoms with E-state index in [1.165, 1.54) is 5.56 Å². The summed E-state index contributed by atoms with van der Waals surface area (Å²) in [7, 11) is 0. The van der Waals surface area contributed by atoms with Crippen LogP contribution in [-0.4, -0.2) is 53.0 Å². The van der Waals surface area contributed by atoms with Gasteiger partial charge in [0.1, 0.15) is 5.41 Å². The number of nitrogens with zero attached hydrogens (tertiary/aromatic N) is 2. The highest BCUT2D eigenvalue weighted by atomic mass is 16.4. The minimum absolute atomic E-state index is 0.00627. The predicted octanol–water partition coefficient (Wildman–Crippen LogP) is 2.00. The second-order valence-corrected chi connectivity index (χ2v) is 7.25. The summed E-state index contributed by atoms with van der Waals surface area (Å²) < 4.78 is 0. The van der Waals surface area contributed by atoms with E-state index >= 15 is 0 Å². The Hall–Kier alpha value is -2.14. The molecule has 2 heterocycles. The fourth-order valence-electron chi connectivity index (χ4n) is 3.94. The van der Waals surface area contributed by atoms with E-state index in [4.69, 9.17) is 0 Å². The van der Waals surface area contributed by atoms with Crippen molar-refractivity contribution in [1.29, 1.82) is 0 Å². The van der Waals surface area contributed by atoms with E-state index in [1.54, 1.807) is 11.0 Å². The van der Waals surface area contributed by atoms with Gasteiger partial charge in [0.2, 0.25) is 5.91 Å². The summed E-state index contributed by atoms with van der Waals surface area (Å²) in [5, 5.41) is 9.86. The van der Waals surface area contributed by atoms with Gasteiger partial charge in [0.15, 0.2) is 0 Å². The summed E-state index contributed by atoms with van der Waals surface area (Å²) in [6.45, 7) is 6.57. The number of likely N-dealkylation sites (tertiary alicyclic amines) is 2. The SMILES string of the molecule is CC(C)=CC(=O)N1CC2CN(Cc3ccccc3)CC2(C(=O)O)C1. The number of carbonyl (C=O) groups is 2. The van der Waals surface area contributed by atoms with Crippen LogP contribution in [0.3, 0.4) is 0 Å². The lowest BCUT2D eigenvalue weighted by molar-refractivity contribution is -0.149. The van der Waals surface area contributed by atoms with Gasteiger partial charge in [0.25, 0.3) is 0 Å². The quantitative estimate of drug-likeness (QED) is 0.859. The van der Waals surface area contributed by atoms with Gasteiger partial charge in [-0.3, -0.25) is 14.5 Å². The summed E-state index contributed by atoms with van der Waals surface area (Å²) in [5.41, 5.74) is 1.29. The highest BCUT2D eigenvalue weighted by molar-refractivity contribution is 5.89. The third-order valence-electron chi connectivity index (χ3n) is 5.08. The Morgan fingerprint density at radius 2 is 1.92 bits per heavy atom. The third-order valence-corrected chi connectivity index (χ3v) is 5.08. The van der Waals surface area contributed by atoms with Crippen molar-refractivity contribution >= 4 is 11.9 Å². The second kappa shape index (κ2) is 6.40. The maximum atomic E-state index is 12.3. The molecule has 5 nitrogen and oxygen atoms in total. The van der Waals surface area contributed by atoms with Crippen LogP contribution in [0.1, 0.15) is 19.4 Å². The van der Waals surface area contributed by atoms with Gasteiger partial charge in [-0.25, -0.2) is 0 Å². The van der Waals surface area contributed by atoms with Crippen LogP contribution >= 0.6 is 0 Å². The Morgan fingerprint density at radius 1 is 1.21 bits per heavy atom. The first-order valence-electron chi connectivity index (χ1n) is 8.34. The van der Waals surface area contributed by atoms with Gasteiger partial charge in [-0.05, 0) is 19.4 Å². The van der Waals surface area contributed by atoms with E-state index in [0.717, 1.165) is 18.7 Å². The third kappa shape index (κ3) is 3.08. The largest absolute Gasteiger partial charge is 0.481 e. The molecular weight excluding hydrogens is 304 g/mol. The molecule has 0 radical (unpaired) electrons. The number of rotatable bonds is 4. The summed E-state index contributed by atoms with van der Waals surface area (Å²) >= 11 is 0. The molecule has 128 valence electrons. The maximum Gasteiger partial charge on any atom is 0.313 e. The van der Waals surface area contributed by atoms with Crippen molar-refractivity contribution in [2.75, 3.05) is 26.2 Å². The number of benzene rings is 1. The Labute approximate surface area is 142 Å². The fourth-order valence-corrected chi connectivity index (χ4v) is 3.94. The molecule has 1 amide bonds. The van der Waals surface area contributed by atoms with Gasteiger partial charge in [0, 0.05) is 44.7 Å². The molecular formula is C19H24N2O3. The van der Waals surface area contributed by atoms with E-state index in [0.29, 0.717) is 19.6 Å². The van der Waals surface area contributed by atoms with Gasteiger partial charge >= 0.3 is 5.97 Å². The van der Waals surface area contributed by atoms with Crippen molar-refractivity contribution in [3.05, 3.63) is 47.5 Å². The van der Waals surface area contributed by atoms with Crippen LogP contribution in [0.4, 0.5) is 0 Å². The molecule has 2 atom stereocenters. The smallest absolute Gasteiger partial charge is 0.313 e. The van der Waals surface area contributed by atoms with Crippen LogP contribution in [0.25, 0.3) is 0 Å². The lowest BCUT2D eigenvalue weighted by Gasteiger charge is -2.25. The number of fused-ring (bicyclic) bond motifs is 1. The average Bonchev–Trinajstić information content (AvgIpc) is 3.02. The molecule has 1 aromatic carbocycles. The first-order chi connectivity index (χ1) is 11.4. The maximum absolute atomic E-state index is 12.3. The topological polar surface area (TPSA) is 60.9 Å². The molecule has 3 rings (SSSR count). The molecule has 5 heteroatoms. The molecule has 0 aliphatic carbocycles. The Balaban J connectivity index is 1.73. The first-order valence-corrected chi connectivity index (χ1v) is 8.34. The van der Waals surface area contributed by atoms with Gasteiger partial charge in [0.05, 0.1) is 0 Å². The zero-order valence-corrected chi connectivity index (χ0v) is 14.2. The Bertz CT molecular complexity index is 666. The number of carbonyl (C=O) groups excluding carboxylic acids is 1. The summed E-state index contributed by atoms with van der Waals surface area (Å²) in [6.07, 6.45) is 1.60. The number of allylic oxidation sites excluding steroid dienone is 1. The fraction of sp³-hybridized carbons (Fsp3) is 0.474.